The molecule has 2 N–H and O–H groups in total. The summed E-state index contributed by atoms with van der Waals surface area (Å²) < 4.78 is 1.14. The molecule has 0 aliphatic heterocycles. The van der Waals surface area contributed by atoms with Crippen LogP contribution in [0.5, 0.6) is 0 Å². The summed E-state index contributed by atoms with van der Waals surface area (Å²) in [5, 5.41) is 0. The largest absolute Gasteiger partial charge is 0.326 e. The molecular formula is C8H10BrN. The molecule has 0 atom stereocenters. The van der Waals surface area contributed by atoms with E-state index in [2.05, 4.69) is 28.9 Å². The molecule has 0 unspecified atom stereocenters. The first-order chi connectivity index (χ1) is 4.74. The summed E-state index contributed by atoms with van der Waals surface area (Å²) in [6.45, 7) is 2.68. The predicted octanol–water partition coefficient (Wildman–Crippen LogP) is 2.22. The number of nitrogens with two attached hydrogens (primary N) is 1. The van der Waals surface area contributed by atoms with Gasteiger partial charge in [0.1, 0.15) is 0 Å². The third kappa shape index (κ3) is 1.58. The van der Waals surface area contributed by atoms with Gasteiger partial charge in [-0.1, -0.05) is 28.1 Å². The average Bonchev–Trinajstić information content (AvgIpc) is 1.95. The molecule has 1 rings (SSSR count). The summed E-state index contributed by atoms with van der Waals surface area (Å²) in [6.07, 6.45) is 0. The maximum Gasteiger partial charge on any atom is 0.0204 e. The Hall–Kier alpha value is -0.340. The van der Waals surface area contributed by atoms with Gasteiger partial charge in [0.05, 0.1) is 0 Å². The number of aryl methyl sites for hydroxylation is 1. The lowest BCUT2D eigenvalue weighted by atomic mass is 10.1. The Labute approximate surface area is 69.4 Å². The normalized spacial score (nSPS) is 9.90. The van der Waals surface area contributed by atoms with E-state index < -0.39 is 0 Å². The number of hydrogen-bond donors (Lipinski definition) is 1. The smallest absolute Gasteiger partial charge is 0.0204 e. The second-order valence-electron chi connectivity index (χ2n) is 2.29. The second-order valence-corrected chi connectivity index (χ2v) is 3.14. The molecule has 1 aromatic rings. The number of hydrogen-bond acceptors (Lipinski definition) is 1. The van der Waals surface area contributed by atoms with Crippen molar-refractivity contribution in [2.75, 3.05) is 0 Å². The Morgan fingerprint density at radius 3 is 2.70 bits per heavy atom. The molecule has 1 aromatic carbocycles. The van der Waals surface area contributed by atoms with Crippen LogP contribution in [0.2, 0.25) is 0 Å². The van der Waals surface area contributed by atoms with E-state index in [-0.39, 0.29) is 0 Å². The molecule has 0 heterocycles. The van der Waals surface area contributed by atoms with Crippen molar-refractivity contribution >= 4 is 15.9 Å². The van der Waals surface area contributed by atoms with Gasteiger partial charge in [-0.3, -0.25) is 0 Å². The zero-order valence-electron chi connectivity index (χ0n) is 5.89. The van der Waals surface area contributed by atoms with Crippen LogP contribution in [0.25, 0.3) is 0 Å². The van der Waals surface area contributed by atoms with Gasteiger partial charge in [-0.05, 0) is 24.1 Å². The van der Waals surface area contributed by atoms with E-state index in [4.69, 9.17) is 5.73 Å². The minimum atomic E-state index is 0.619. The van der Waals surface area contributed by atoms with Crippen molar-refractivity contribution < 1.29 is 0 Å². The van der Waals surface area contributed by atoms with E-state index >= 15 is 0 Å². The minimum absolute atomic E-state index is 0.619. The van der Waals surface area contributed by atoms with Crippen molar-refractivity contribution in [1.29, 1.82) is 0 Å². The maximum atomic E-state index is 5.45. The first kappa shape index (κ1) is 7.76. The van der Waals surface area contributed by atoms with Gasteiger partial charge in [-0.15, -0.1) is 0 Å². The van der Waals surface area contributed by atoms with Crippen LogP contribution in [0.4, 0.5) is 0 Å². The van der Waals surface area contributed by atoms with Crippen LogP contribution in [0.1, 0.15) is 11.1 Å². The lowest BCUT2D eigenvalue weighted by Crippen LogP contribution is -1.95. The molecule has 0 aliphatic rings. The molecule has 0 bridgehead atoms. The van der Waals surface area contributed by atoms with Gasteiger partial charge < -0.3 is 5.73 Å². The van der Waals surface area contributed by atoms with E-state index in [0.717, 1.165) is 4.47 Å². The van der Waals surface area contributed by atoms with E-state index in [9.17, 15) is 0 Å². The van der Waals surface area contributed by atoms with Crippen LogP contribution < -0.4 is 5.73 Å². The third-order valence-electron chi connectivity index (χ3n) is 1.46. The van der Waals surface area contributed by atoms with Crippen LogP contribution in [-0.4, -0.2) is 0 Å². The Morgan fingerprint density at radius 2 is 2.20 bits per heavy atom. The zero-order chi connectivity index (χ0) is 7.56. The molecule has 0 aromatic heterocycles. The Kier molecular flexibility index (Phi) is 2.46. The second kappa shape index (κ2) is 3.17. The highest BCUT2D eigenvalue weighted by Crippen LogP contribution is 2.16. The summed E-state index contributed by atoms with van der Waals surface area (Å²) in [6, 6.07) is 6.14. The Balaban J connectivity index is 3.04. The quantitative estimate of drug-likeness (QED) is 0.738. The minimum Gasteiger partial charge on any atom is -0.326 e. The van der Waals surface area contributed by atoms with Crippen molar-refractivity contribution in [2.24, 2.45) is 5.73 Å². The van der Waals surface area contributed by atoms with E-state index in [0.29, 0.717) is 6.54 Å². The monoisotopic (exact) mass is 199 g/mol. The number of halogens is 1. The molecule has 0 radical (unpaired) electrons. The van der Waals surface area contributed by atoms with E-state index in [1.807, 2.05) is 12.1 Å². The highest BCUT2D eigenvalue weighted by atomic mass is 79.9. The molecule has 0 amide bonds. The lowest BCUT2D eigenvalue weighted by molar-refractivity contribution is 1.06. The van der Waals surface area contributed by atoms with Crippen LogP contribution in [0, 0.1) is 6.92 Å². The van der Waals surface area contributed by atoms with Gasteiger partial charge in [0.2, 0.25) is 0 Å². The predicted molar refractivity (Wildman–Crippen MR) is 46.8 cm³/mol. The molecule has 54 valence electrons. The average molecular weight is 200 g/mol. The van der Waals surface area contributed by atoms with Gasteiger partial charge in [0.25, 0.3) is 0 Å². The molecular weight excluding hydrogens is 190 g/mol. The molecule has 0 fully saturated rings. The van der Waals surface area contributed by atoms with Gasteiger partial charge in [-0.2, -0.15) is 0 Å². The highest BCUT2D eigenvalue weighted by Gasteiger charge is 1.93. The highest BCUT2D eigenvalue weighted by molar-refractivity contribution is 9.10. The molecule has 0 aliphatic carbocycles. The molecule has 0 spiro atoms. The van der Waals surface area contributed by atoms with Gasteiger partial charge in [-0.25, -0.2) is 0 Å². The fraction of sp³-hybridized carbons (Fsp3) is 0.250. The van der Waals surface area contributed by atoms with E-state index in [1.165, 1.54) is 11.1 Å². The zero-order valence-corrected chi connectivity index (χ0v) is 7.48. The number of benzene rings is 1. The number of rotatable bonds is 1. The molecule has 10 heavy (non-hydrogen) atoms. The SMILES string of the molecule is Cc1cc(CN)ccc1Br. The topological polar surface area (TPSA) is 26.0 Å². The Morgan fingerprint density at radius 1 is 1.50 bits per heavy atom. The molecule has 1 nitrogen and oxygen atoms in total. The molecule has 2 heteroatoms. The van der Waals surface area contributed by atoms with Gasteiger partial charge >= 0.3 is 0 Å². The maximum absolute atomic E-state index is 5.45. The van der Waals surface area contributed by atoms with Crippen molar-refractivity contribution in [2.45, 2.75) is 13.5 Å². The summed E-state index contributed by atoms with van der Waals surface area (Å²) in [7, 11) is 0. The first-order valence-electron chi connectivity index (χ1n) is 3.19. The van der Waals surface area contributed by atoms with Crippen LogP contribution in [0.3, 0.4) is 0 Å². The molecule has 0 saturated heterocycles. The summed E-state index contributed by atoms with van der Waals surface area (Å²) in [5.41, 5.74) is 7.87. The standard InChI is InChI=1S/C8H10BrN/c1-6-4-7(5-10)2-3-8(6)9/h2-4H,5,10H2,1H3. The molecule has 0 saturated carbocycles. The lowest BCUT2D eigenvalue weighted by Gasteiger charge is -1.99. The van der Waals surface area contributed by atoms with E-state index in [1.54, 1.807) is 0 Å². The van der Waals surface area contributed by atoms with Gasteiger partial charge in [0.15, 0.2) is 0 Å². The van der Waals surface area contributed by atoms with Crippen LogP contribution in [-0.2, 0) is 6.54 Å². The van der Waals surface area contributed by atoms with Crippen molar-refractivity contribution in [3.05, 3.63) is 33.8 Å². The fourth-order valence-corrected chi connectivity index (χ4v) is 1.08. The fourth-order valence-electron chi connectivity index (χ4n) is 0.834. The first-order valence-corrected chi connectivity index (χ1v) is 3.98. The Bertz CT molecular complexity index is 233. The van der Waals surface area contributed by atoms with Gasteiger partial charge in [0, 0.05) is 11.0 Å². The van der Waals surface area contributed by atoms with Crippen molar-refractivity contribution in [1.82, 2.24) is 0 Å². The van der Waals surface area contributed by atoms with Crippen molar-refractivity contribution in [3.63, 3.8) is 0 Å². The summed E-state index contributed by atoms with van der Waals surface area (Å²) in [4.78, 5) is 0. The third-order valence-corrected chi connectivity index (χ3v) is 2.35. The van der Waals surface area contributed by atoms with Crippen LogP contribution >= 0.6 is 15.9 Å². The van der Waals surface area contributed by atoms with Crippen LogP contribution in [0.15, 0.2) is 22.7 Å². The summed E-state index contributed by atoms with van der Waals surface area (Å²) in [5.74, 6) is 0. The van der Waals surface area contributed by atoms with Crippen molar-refractivity contribution in [3.8, 4) is 0 Å². The summed E-state index contributed by atoms with van der Waals surface area (Å²) >= 11 is 3.42.